The van der Waals surface area contributed by atoms with Gasteiger partial charge in [-0.05, 0) is 64.3 Å². The zero-order valence-electron chi connectivity index (χ0n) is 18.4. The lowest BCUT2D eigenvalue weighted by atomic mass is 9.95. The van der Waals surface area contributed by atoms with Crippen LogP contribution in [0.25, 0.3) is 10.2 Å². The van der Waals surface area contributed by atoms with Gasteiger partial charge in [0.15, 0.2) is 0 Å². The Kier molecular flexibility index (Phi) is 7.20. The molecule has 1 saturated heterocycles. The third-order valence-electron chi connectivity index (χ3n) is 6.02. The van der Waals surface area contributed by atoms with Crippen LogP contribution in [0.5, 0.6) is 5.75 Å². The number of thiophene rings is 1. The van der Waals surface area contributed by atoms with Gasteiger partial charge in [-0.1, -0.05) is 19.1 Å². The lowest BCUT2D eigenvalue weighted by molar-refractivity contribution is -0.126. The highest BCUT2D eigenvalue weighted by Gasteiger charge is 2.31. The number of piperidine rings is 1. The largest absolute Gasteiger partial charge is 0.497 e. The summed E-state index contributed by atoms with van der Waals surface area (Å²) in [5, 5.41) is 5.03. The molecule has 2 amide bonds. The highest BCUT2D eigenvalue weighted by atomic mass is 79.9. The Morgan fingerprint density at radius 1 is 1.19 bits per heavy atom. The van der Waals surface area contributed by atoms with Crippen LogP contribution >= 0.6 is 27.3 Å². The summed E-state index contributed by atoms with van der Waals surface area (Å²) in [6.45, 7) is 4.54. The predicted octanol–water partition coefficient (Wildman–Crippen LogP) is 4.90. The van der Waals surface area contributed by atoms with Crippen molar-refractivity contribution >= 4 is 49.3 Å². The Morgan fingerprint density at radius 3 is 2.56 bits per heavy atom. The molecule has 170 valence electrons. The van der Waals surface area contributed by atoms with Gasteiger partial charge < -0.3 is 19.5 Å². The molecular weight excluding hydrogens is 490 g/mol. The molecule has 0 spiro atoms. The van der Waals surface area contributed by atoms with Gasteiger partial charge in [0.1, 0.15) is 11.4 Å². The molecule has 0 atom stereocenters. The number of fused-ring (bicyclic) bond motifs is 1. The second kappa shape index (κ2) is 10.1. The van der Waals surface area contributed by atoms with Crippen LogP contribution < -0.4 is 10.1 Å². The number of likely N-dealkylation sites (tertiary alicyclic amines) is 1. The number of carbonyl (C=O) groups excluding carboxylic acids is 2. The zero-order valence-corrected chi connectivity index (χ0v) is 20.8. The molecule has 3 aromatic rings. The van der Waals surface area contributed by atoms with Crippen molar-refractivity contribution in [2.24, 2.45) is 5.92 Å². The zero-order chi connectivity index (χ0) is 22.7. The number of ether oxygens (including phenoxy) is 1. The minimum atomic E-state index is -0.0105. The number of hydrogen-bond donors (Lipinski definition) is 1. The normalized spacial score (nSPS) is 14.7. The van der Waals surface area contributed by atoms with Crippen molar-refractivity contribution in [3.05, 3.63) is 51.4 Å². The number of methoxy groups -OCH3 is 1. The summed E-state index contributed by atoms with van der Waals surface area (Å²) in [5.41, 5.74) is 2.83. The number of nitrogens with one attached hydrogen (secondary N) is 1. The number of amides is 2. The number of aromatic nitrogens is 1. The molecule has 0 aliphatic carbocycles. The van der Waals surface area contributed by atoms with Crippen LogP contribution in [0.4, 0.5) is 0 Å². The third-order valence-corrected chi connectivity index (χ3v) is 7.97. The smallest absolute Gasteiger partial charge is 0.271 e. The molecule has 0 unspecified atom stereocenters. The summed E-state index contributed by atoms with van der Waals surface area (Å²) in [4.78, 5) is 27.8. The maximum Gasteiger partial charge on any atom is 0.271 e. The van der Waals surface area contributed by atoms with Crippen molar-refractivity contribution < 1.29 is 14.3 Å². The molecule has 0 saturated carbocycles. The number of carbonyl (C=O) groups is 2. The Hall–Kier alpha value is -2.32. The predicted molar refractivity (Wildman–Crippen MR) is 132 cm³/mol. The van der Waals surface area contributed by atoms with E-state index in [2.05, 4.69) is 37.3 Å². The van der Waals surface area contributed by atoms with E-state index in [1.165, 1.54) is 0 Å². The van der Waals surface area contributed by atoms with E-state index in [9.17, 15) is 9.59 Å². The summed E-state index contributed by atoms with van der Waals surface area (Å²) in [7, 11) is 1.65. The summed E-state index contributed by atoms with van der Waals surface area (Å²) in [6.07, 6.45) is 2.33. The van der Waals surface area contributed by atoms with Crippen LogP contribution in [-0.2, 0) is 11.3 Å². The van der Waals surface area contributed by atoms with Crippen LogP contribution in [0.1, 0.15) is 42.2 Å². The van der Waals surface area contributed by atoms with Crippen LogP contribution in [0.2, 0.25) is 0 Å². The molecule has 1 fully saturated rings. The van der Waals surface area contributed by atoms with Gasteiger partial charge in [-0.2, -0.15) is 0 Å². The maximum atomic E-state index is 13.6. The minimum Gasteiger partial charge on any atom is -0.497 e. The second-order valence-corrected chi connectivity index (χ2v) is 9.80. The summed E-state index contributed by atoms with van der Waals surface area (Å²) in [5.74, 6) is 0.929. The number of benzene rings is 1. The van der Waals surface area contributed by atoms with Gasteiger partial charge in [-0.25, -0.2) is 0 Å². The SMILES string of the molecule is CCCNC(=O)C1CCN(C(=O)c2c(Br)c3sccc3n2Cc2ccc(OC)cc2)CC1. The molecular formula is C24H28BrN3O3S. The summed E-state index contributed by atoms with van der Waals surface area (Å²) in [6, 6.07) is 10.00. The molecule has 1 aromatic carbocycles. The third kappa shape index (κ3) is 4.57. The number of halogens is 1. The first kappa shape index (κ1) is 22.9. The Labute approximate surface area is 200 Å². The molecule has 1 aliphatic heterocycles. The molecule has 0 radical (unpaired) electrons. The first-order valence-corrected chi connectivity index (χ1v) is 12.7. The molecule has 4 rings (SSSR count). The molecule has 3 heterocycles. The van der Waals surface area contributed by atoms with Gasteiger partial charge in [0.05, 0.1) is 21.8 Å². The van der Waals surface area contributed by atoms with Crippen LogP contribution in [-0.4, -0.2) is 48.0 Å². The van der Waals surface area contributed by atoms with E-state index in [0.29, 0.717) is 44.7 Å². The Morgan fingerprint density at radius 2 is 1.91 bits per heavy atom. The van der Waals surface area contributed by atoms with Crippen molar-refractivity contribution in [1.29, 1.82) is 0 Å². The van der Waals surface area contributed by atoms with Crippen LogP contribution in [0, 0.1) is 5.92 Å². The first-order valence-electron chi connectivity index (χ1n) is 11.0. The fraction of sp³-hybridized carbons (Fsp3) is 0.417. The molecule has 0 bridgehead atoms. The van der Waals surface area contributed by atoms with E-state index < -0.39 is 0 Å². The molecule has 6 nitrogen and oxygen atoms in total. The van der Waals surface area contributed by atoms with Gasteiger partial charge >= 0.3 is 0 Å². The number of rotatable bonds is 7. The van der Waals surface area contributed by atoms with Crippen molar-refractivity contribution in [2.45, 2.75) is 32.7 Å². The van der Waals surface area contributed by atoms with Gasteiger partial charge in [0.2, 0.25) is 5.91 Å². The molecule has 1 N–H and O–H groups in total. The lowest BCUT2D eigenvalue weighted by Gasteiger charge is -2.31. The molecule has 32 heavy (non-hydrogen) atoms. The van der Waals surface area contributed by atoms with E-state index in [1.54, 1.807) is 18.4 Å². The molecule has 2 aromatic heterocycles. The maximum absolute atomic E-state index is 13.6. The molecule has 8 heteroatoms. The number of nitrogens with zero attached hydrogens (tertiary/aromatic N) is 2. The Bertz CT molecular complexity index is 1100. The van der Waals surface area contributed by atoms with E-state index in [0.717, 1.165) is 32.4 Å². The van der Waals surface area contributed by atoms with Crippen LogP contribution in [0.3, 0.4) is 0 Å². The van der Waals surface area contributed by atoms with Gasteiger partial charge in [0.25, 0.3) is 5.91 Å². The van der Waals surface area contributed by atoms with Crippen LogP contribution in [0.15, 0.2) is 40.2 Å². The first-order chi connectivity index (χ1) is 15.5. The summed E-state index contributed by atoms with van der Waals surface area (Å²) < 4.78 is 9.30. The highest BCUT2D eigenvalue weighted by molar-refractivity contribution is 9.10. The average molecular weight is 518 g/mol. The van der Waals surface area contributed by atoms with Crippen molar-refractivity contribution in [2.75, 3.05) is 26.7 Å². The van der Waals surface area contributed by atoms with Crippen molar-refractivity contribution in [1.82, 2.24) is 14.8 Å². The fourth-order valence-corrected chi connectivity index (χ4v) is 5.90. The standard InChI is InChI=1S/C24H28BrN3O3S/c1-3-11-26-23(29)17-8-12-27(13-9-17)24(30)21-20(25)22-19(10-14-32-22)28(21)15-16-4-6-18(31-2)7-5-16/h4-7,10,14,17H,3,8-9,11-13,15H2,1-2H3,(H,26,29). The topological polar surface area (TPSA) is 63.6 Å². The average Bonchev–Trinajstić information content (AvgIpc) is 3.40. The quantitative estimate of drug-likeness (QED) is 0.484. The van der Waals surface area contributed by atoms with E-state index in [-0.39, 0.29) is 17.7 Å². The van der Waals surface area contributed by atoms with Gasteiger partial charge in [0, 0.05) is 32.1 Å². The number of hydrogen-bond acceptors (Lipinski definition) is 4. The van der Waals surface area contributed by atoms with E-state index in [1.807, 2.05) is 36.1 Å². The highest BCUT2D eigenvalue weighted by Crippen LogP contribution is 2.37. The van der Waals surface area contributed by atoms with Crippen molar-refractivity contribution in [3.8, 4) is 5.75 Å². The summed E-state index contributed by atoms with van der Waals surface area (Å²) >= 11 is 5.34. The van der Waals surface area contributed by atoms with Gasteiger partial charge in [-0.15, -0.1) is 11.3 Å². The molecule has 1 aliphatic rings. The monoisotopic (exact) mass is 517 g/mol. The van der Waals surface area contributed by atoms with E-state index >= 15 is 0 Å². The van der Waals surface area contributed by atoms with Gasteiger partial charge in [-0.3, -0.25) is 9.59 Å². The lowest BCUT2D eigenvalue weighted by Crippen LogP contribution is -2.43. The minimum absolute atomic E-state index is 0.0105. The van der Waals surface area contributed by atoms with Crippen molar-refractivity contribution in [3.63, 3.8) is 0 Å². The second-order valence-electron chi connectivity index (χ2n) is 8.09. The van der Waals surface area contributed by atoms with E-state index in [4.69, 9.17) is 4.74 Å². The fourth-order valence-electron chi connectivity index (χ4n) is 4.20. The Balaban J connectivity index is 1.55.